The molecule has 2 rings (SSSR count). The number of carbonyl (C=O) groups excluding carboxylic acids is 1. The lowest BCUT2D eigenvalue weighted by Gasteiger charge is -2.11. The monoisotopic (exact) mass is 301 g/mol. The van der Waals surface area contributed by atoms with E-state index in [9.17, 15) is 4.79 Å². The number of hydrogen-bond donors (Lipinski definition) is 1. The predicted molar refractivity (Wildman–Crippen MR) is 85.6 cm³/mol. The van der Waals surface area contributed by atoms with Crippen molar-refractivity contribution in [2.45, 2.75) is 33.4 Å². The summed E-state index contributed by atoms with van der Waals surface area (Å²) in [5, 5.41) is 2.96. The number of benzene rings is 1. The molecule has 0 unspecified atom stereocenters. The summed E-state index contributed by atoms with van der Waals surface area (Å²) >= 11 is 0. The Labute approximate surface area is 131 Å². The molecule has 1 aromatic carbocycles. The van der Waals surface area contributed by atoms with Crippen molar-refractivity contribution in [3.8, 4) is 0 Å². The number of hydrogen-bond acceptors (Lipinski definition) is 3. The lowest BCUT2D eigenvalue weighted by atomic mass is 10.1. The van der Waals surface area contributed by atoms with Gasteiger partial charge in [-0.25, -0.2) is 4.98 Å². The van der Waals surface area contributed by atoms with Crippen LogP contribution in [0.15, 0.2) is 30.5 Å². The zero-order chi connectivity index (χ0) is 15.9. The van der Waals surface area contributed by atoms with E-state index in [0.717, 1.165) is 22.6 Å². The normalized spacial score (nSPS) is 10.7. The molecule has 0 fully saturated rings. The fourth-order valence-electron chi connectivity index (χ4n) is 2.41. The molecule has 118 valence electrons. The van der Waals surface area contributed by atoms with Crippen LogP contribution in [0.5, 0.6) is 0 Å². The number of aryl methyl sites for hydroxylation is 2. The first kappa shape index (κ1) is 16.2. The molecule has 1 heterocycles. The van der Waals surface area contributed by atoms with Gasteiger partial charge in [0.25, 0.3) is 0 Å². The first-order valence-corrected chi connectivity index (χ1v) is 7.43. The maximum Gasteiger partial charge on any atom is 0.224 e. The summed E-state index contributed by atoms with van der Waals surface area (Å²) in [6.45, 7) is 5.78. The van der Waals surface area contributed by atoms with Crippen LogP contribution in [0.2, 0.25) is 0 Å². The molecule has 0 saturated carbocycles. The number of methoxy groups -OCH3 is 1. The largest absolute Gasteiger partial charge is 0.377 e. The highest BCUT2D eigenvalue weighted by atomic mass is 16.5. The third kappa shape index (κ3) is 4.18. The maximum absolute atomic E-state index is 12.0. The van der Waals surface area contributed by atoms with Crippen LogP contribution in [0.25, 0.3) is 0 Å². The molecule has 22 heavy (non-hydrogen) atoms. The van der Waals surface area contributed by atoms with Crippen molar-refractivity contribution in [2.24, 2.45) is 0 Å². The summed E-state index contributed by atoms with van der Waals surface area (Å²) in [6, 6.07) is 7.96. The minimum atomic E-state index is 0.0420. The molecule has 0 aliphatic carbocycles. The van der Waals surface area contributed by atoms with Gasteiger partial charge in [-0.1, -0.05) is 24.3 Å². The van der Waals surface area contributed by atoms with E-state index in [4.69, 9.17) is 4.74 Å². The van der Waals surface area contributed by atoms with E-state index in [0.29, 0.717) is 26.1 Å². The topological polar surface area (TPSA) is 56.1 Å². The zero-order valence-corrected chi connectivity index (χ0v) is 13.4. The zero-order valence-electron chi connectivity index (χ0n) is 13.4. The van der Waals surface area contributed by atoms with Crippen LogP contribution in [-0.2, 0) is 29.1 Å². The molecule has 0 saturated heterocycles. The van der Waals surface area contributed by atoms with Crippen LogP contribution in [0.4, 0.5) is 0 Å². The average molecular weight is 301 g/mol. The van der Waals surface area contributed by atoms with Crippen molar-refractivity contribution in [2.75, 3.05) is 13.7 Å². The Morgan fingerprint density at radius 2 is 2.09 bits per heavy atom. The Hall–Kier alpha value is -2.14. The molecular weight excluding hydrogens is 278 g/mol. The third-order valence-corrected chi connectivity index (χ3v) is 3.68. The van der Waals surface area contributed by atoms with E-state index >= 15 is 0 Å². The van der Waals surface area contributed by atoms with Crippen molar-refractivity contribution in [3.05, 3.63) is 53.1 Å². The molecule has 1 amide bonds. The first-order chi connectivity index (χ1) is 10.6. The lowest BCUT2D eigenvalue weighted by Crippen LogP contribution is -2.29. The van der Waals surface area contributed by atoms with Gasteiger partial charge in [0.05, 0.1) is 6.42 Å². The lowest BCUT2D eigenvalue weighted by molar-refractivity contribution is -0.120. The highest BCUT2D eigenvalue weighted by Gasteiger charge is 2.08. The Kier molecular flexibility index (Phi) is 5.72. The fraction of sp³-hybridized carbons (Fsp3) is 0.412. The number of aromatic nitrogens is 2. The van der Waals surface area contributed by atoms with Crippen LogP contribution >= 0.6 is 0 Å². The van der Waals surface area contributed by atoms with E-state index < -0.39 is 0 Å². The molecule has 5 nitrogen and oxygen atoms in total. The highest BCUT2D eigenvalue weighted by Crippen LogP contribution is 2.08. The Morgan fingerprint density at radius 1 is 1.32 bits per heavy atom. The van der Waals surface area contributed by atoms with Crippen molar-refractivity contribution in [1.82, 2.24) is 14.9 Å². The van der Waals surface area contributed by atoms with Crippen molar-refractivity contribution in [3.63, 3.8) is 0 Å². The SMILES string of the molecule is COCc1ncc(C)n1CCNC(=O)Cc1ccccc1C. The maximum atomic E-state index is 12.0. The number of amides is 1. The van der Waals surface area contributed by atoms with E-state index in [-0.39, 0.29) is 5.91 Å². The van der Waals surface area contributed by atoms with Gasteiger partial charge in [-0.3, -0.25) is 4.79 Å². The van der Waals surface area contributed by atoms with Crippen molar-refractivity contribution >= 4 is 5.91 Å². The van der Waals surface area contributed by atoms with Gasteiger partial charge in [0.2, 0.25) is 5.91 Å². The van der Waals surface area contributed by atoms with Crippen LogP contribution < -0.4 is 5.32 Å². The average Bonchev–Trinajstić information content (AvgIpc) is 2.83. The van der Waals surface area contributed by atoms with E-state index in [1.807, 2.05) is 44.3 Å². The summed E-state index contributed by atoms with van der Waals surface area (Å²) in [5.74, 6) is 0.925. The summed E-state index contributed by atoms with van der Waals surface area (Å²) in [4.78, 5) is 16.3. The molecule has 0 aliphatic rings. The Morgan fingerprint density at radius 3 is 2.82 bits per heavy atom. The standard InChI is InChI=1S/C17H23N3O2/c1-13-6-4-5-7-15(13)10-17(21)18-8-9-20-14(2)11-19-16(20)12-22-3/h4-7,11H,8-10,12H2,1-3H3,(H,18,21). The van der Waals surface area contributed by atoms with Gasteiger partial charge >= 0.3 is 0 Å². The highest BCUT2D eigenvalue weighted by molar-refractivity contribution is 5.78. The van der Waals surface area contributed by atoms with Gasteiger partial charge in [-0.15, -0.1) is 0 Å². The minimum Gasteiger partial charge on any atom is -0.377 e. The van der Waals surface area contributed by atoms with Crippen LogP contribution in [0.3, 0.4) is 0 Å². The molecule has 1 N–H and O–H groups in total. The fourth-order valence-corrected chi connectivity index (χ4v) is 2.41. The minimum absolute atomic E-state index is 0.0420. The van der Waals surface area contributed by atoms with Gasteiger partial charge in [0.1, 0.15) is 12.4 Å². The molecule has 0 bridgehead atoms. The van der Waals surface area contributed by atoms with Crippen LogP contribution in [0, 0.1) is 13.8 Å². The second-order valence-electron chi connectivity index (χ2n) is 5.35. The number of ether oxygens (including phenoxy) is 1. The first-order valence-electron chi connectivity index (χ1n) is 7.43. The molecule has 2 aromatic rings. The number of rotatable bonds is 7. The number of carbonyl (C=O) groups is 1. The smallest absolute Gasteiger partial charge is 0.224 e. The van der Waals surface area contributed by atoms with Gasteiger partial charge in [-0.2, -0.15) is 0 Å². The molecule has 1 aromatic heterocycles. The summed E-state index contributed by atoms with van der Waals surface area (Å²) in [7, 11) is 1.65. The Bertz CT molecular complexity index is 635. The van der Waals surface area contributed by atoms with Gasteiger partial charge in [-0.05, 0) is 25.0 Å². The van der Waals surface area contributed by atoms with Gasteiger partial charge < -0.3 is 14.6 Å². The predicted octanol–water partition coefficient (Wildman–Crippen LogP) is 2.01. The van der Waals surface area contributed by atoms with Gasteiger partial charge in [0.15, 0.2) is 0 Å². The third-order valence-electron chi connectivity index (χ3n) is 3.68. The van der Waals surface area contributed by atoms with Gasteiger partial charge in [0, 0.05) is 32.1 Å². The Balaban J connectivity index is 1.85. The summed E-state index contributed by atoms with van der Waals surface area (Å²) in [5.41, 5.74) is 3.28. The second kappa shape index (κ2) is 7.75. The van der Waals surface area contributed by atoms with E-state index in [2.05, 4.69) is 14.9 Å². The quantitative estimate of drug-likeness (QED) is 0.851. The number of nitrogens with zero attached hydrogens (tertiary/aromatic N) is 2. The van der Waals surface area contributed by atoms with E-state index in [1.165, 1.54) is 0 Å². The van der Waals surface area contributed by atoms with Crippen LogP contribution in [-0.4, -0.2) is 29.1 Å². The summed E-state index contributed by atoms with van der Waals surface area (Å²) in [6.07, 6.45) is 2.24. The molecule has 0 radical (unpaired) electrons. The van der Waals surface area contributed by atoms with Crippen molar-refractivity contribution < 1.29 is 9.53 Å². The van der Waals surface area contributed by atoms with Crippen molar-refractivity contribution in [1.29, 1.82) is 0 Å². The molecule has 5 heteroatoms. The second-order valence-corrected chi connectivity index (χ2v) is 5.35. The molecule has 0 atom stereocenters. The number of imidazole rings is 1. The molecule has 0 aliphatic heterocycles. The molecular formula is C17H23N3O2. The summed E-state index contributed by atoms with van der Waals surface area (Å²) < 4.78 is 7.20. The van der Waals surface area contributed by atoms with E-state index in [1.54, 1.807) is 7.11 Å². The van der Waals surface area contributed by atoms with Crippen LogP contribution in [0.1, 0.15) is 22.6 Å². The number of nitrogens with one attached hydrogen (secondary N) is 1. The molecule has 0 spiro atoms.